The van der Waals surface area contributed by atoms with Crippen molar-refractivity contribution in [2.75, 3.05) is 33.4 Å². The second-order valence-corrected chi connectivity index (χ2v) is 6.04. The van der Waals surface area contributed by atoms with E-state index in [0.717, 1.165) is 12.1 Å². The molecule has 0 bridgehead atoms. The Morgan fingerprint density at radius 1 is 1.43 bits per heavy atom. The Bertz CT molecular complexity index is 635. The van der Waals surface area contributed by atoms with Gasteiger partial charge in [-0.1, -0.05) is 18.8 Å². The first kappa shape index (κ1) is 17.6. The van der Waals surface area contributed by atoms with Crippen LogP contribution in [0.15, 0.2) is 23.1 Å². The summed E-state index contributed by atoms with van der Waals surface area (Å²) in [6.45, 7) is 2.57. The lowest BCUT2D eigenvalue weighted by Gasteiger charge is -2.20. The van der Waals surface area contributed by atoms with Gasteiger partial charge in [-0.15, -0.1) is 0 Å². The third-order valence-electron chi connectivity index (χ3n) is 2.78. The number of benzene rings is 1. The maximum atomic E-state index is 13.3. The zero-order valence-electron chi connectivity index (χ0n) is 12.1. The number of hydrogen-bond acceptors (Lipinski definition) is 4. The number of ether oxygens (including phenoxy) is 1. The normalized spacial score (nSPS) is 11.3. The highest BCUT2D eigenvalue weighted by Gasteiger charge is 2.25. The van der Waals surface area contributed by atoms with E-state index in [2.05, 4.69) is 11.8 Å². The summed E-state index contributed by atoms with van der Waals surface area (Å²) < 4.78 is 44.7. The number of hydrogen-bond donors (Lipinski definition) is 1. The monoisotopic (exact) mass is 314 g/mol. The predicted octanol–water partition coefficient (Wildman–Crippen LogP) is 0.793. The molecule has 1 rings (SSSR count). The third kappa shape index (κ3) is 4.51. The maximum Gasteiger partial charge on any atom is 0.244 e. The van der Waals surface area contributed by atoms with Crippen molar-refractivity contribution in [3.05, 3.63) is 29.6 Å². The van der Waals surface area contributed by atoms with Crippen LogP contribution in [0.4, 0.5) is 4.39 Å². The minimum atomic E-state index is -3.76. The Labute approximate surface area is 124 Å². The first-order valence-corrected chi connectivity index (χ1v) is 7.89. The van der Waals surface area contributed by atoms with Crippen LogP contribution in [0, 0.1) is 17.7 Å². The summed E-state index contributed by atoms with van der Waals surface area (Å²) in [5, 5.41) is 0. The molecule has 0 aliphatic heterocycles. The number of nitrogens with zero attached hydrogens (tertiary/aromatic N) is 1. The molecule has 1 aromatic rings. The Morgan fingerprint density at radius 3 is 2.71 bits per heavy atom. The lowest BCUT2D eigenvalue weighted by Crippen LogP contribution is -2.34. The molecule has 0 aliphatic rings. The molecule has 1 aromatic carbocycles. The van der Waals surface area contributed by atoms with Crippen LogP contribution < -0.4 is 5.73 Å². The molecule has 5 nitrogen and oxygen atoms in total. The number of methoxy groups -OCH3 is 1. The van der Waals surface area contributed by atoms with Crippen molar-refractivity contribution in [3.63, 3.8) is 0 Å². The second kappa shape index (κ2) is 8.10. The first-order chi connectivity index (χ1) is 9.97. The van der Waals surface area contributed by atoms with Gasteiger partial charge in [0, 0.05) is 25.8 Å². The number of rotatable bonds is 6. The van der Waals surface area contributed by atoms with Gasteiger partial charge in [-0.2, -0.15) is 4.31 Å². The summed E-state index contributed by atoms with van der Waals surface area (Å²) in [6.07, 6.45) is 0. The van der Waals surface area contributed by atoms with E-state index >= 15 is 0 Å². The van der Waals surface area contributed by atoms with E-state index in [1.54, 1.807) is 6.92 Å². The van der Waals surface area contributed by atoms with Gasteiger partial charge in [0.1, 0.15) is 5.82 Å². The van der Waals surface area contributed by atoms with E-state index in [1.807, 2.05) is 0 Å². The topological polar surface area (TPSA) is 72.6 Å². The zero-order chi connectivity index (χ0) is 15.9. The van der Waals surface area contributed by atoms with Crippen LogP contribution in [0.3, 0.4) is 0 Å². The summed E-state index contributed by atoms with van der Waals surface area (Å²) in [5.74, 6) is 4.60. The summed E-state index contributed by atoms with van der Waals surface area (Å²) >= 11 is 0. The summed E-state index contributed by atoms with van der Waals surface area (Å²) in [4.78, 5) is -0.0252. The van der Waals surface area contributed by atoms with E-state index in [4.69, 9.17) is 10.5 Å². The highest BCUT2D eigenvalue weighted by Crippen LogP contribution is 2.20. The van der Waals surface area contributed by atoms with E-state index in [-0.39, 0.29) is 36.7 Å². The molecule has 0 heterocycles. The van der Waals surface area contributed by atoms with Gasteiger partial charge < -0.3 is 10.5 Å². The van der Waals surface area contributed by atoms with Crippen molar-refractivity contribution in [2.24, 2.45) is 5.73 Å². The number of likely N-dealkylation sites (N-methyl/N-ethyl adjacent to an activating group) is 1. The quantitative estimate of drug-likeness (QED) is 0.788. The van der Waals surface area contributed by atoms with E-state index < -0.39 is 15.8 Å². The summed E-state index contributed by atoms with van der Waals surface area (Å²) in [6, 6.07) is 3.42. The van der Waals surface area contributed by atoms with Crippen molar-refractivity contribution in [3.8, 4) is 11.8 Å². The van der Waals surface area contributed by atoms with E-state index in [0.29, 0.717) is 0 Å². The molecule has 0 spiro atoms. The molecule has 21 heavy (non-hydrogen) atoms. The summed E-state index contributed by atoms with van der Waals surface area (Å²) in [7, 11) is -2.26. The van der Waals surface area contributed by atoms with E-state index in [1.165, 1.54) is 17.5 Å². The maximum absolute atomic E-state index is 13.3. The van der Waals surface area contributed by atoms with Crippen molar-refractivity contribution in [1.29, 1.82) is 0 Å². The largest absolute Gasteiger partial charge is 0.383 e. The van der Waals surface area contributed by atoms with Gasteiger partial charge in [0.05, 0.1) is 18.0 Å². The van der Waals surface area contributed by atoms with Gasteiger partial charge in [-0.05, 0) is 18.2 Å². The molecule has 0 radical (unpaired) electrons. The van der Waals surface area contributed by atoms with Crippen molar-refractivity contribution in [1.82, 2.24) is 4.31 Å². The number of halogens is 1. The molecular formula is C14H19FN2O3S. The fourth-order valence-corrected chi connectivity index (χ4v) is 3.31. The van der Waals surface area contributed by atoms with Crippen molar-refractivity contribution in [2.45, 2.75) is 11.8 Å². The average molecular weight is 314 g/mol. The molecule has 0 aliphatic carbocycles. The fraction of sp³-hybridized carbons (Fsp3) is 0.429. The van der Waals surface area contributed by atoms with E-state index in [9.17, 15) is 12.8 Å². The Kier molecular flexibility index (Phi) is 6.78. The van der Waals surface area contributed by atoms with Gasteiger partial charge in [0.2, 0.25) is 10.0 Å². The standard InChI is InChI=1S/C14H19FN2O3S/c1-3-17(9-10-20-2)21(18,19)14-7-6-13(15)11-12(14)5-4-8-16/h6-7,11H,3,8-10,16H2,1-2H3. The molecule has 0 fully saturated rings. The predicted molar refractivity (Wildman–Crippen MR) is 78.6 cm³/mol. The highest BCUT2D eigenvalue weighted by molar-refractivity contribution is 7.89. The number of nitrogens with two attached hydrogens (primary N) is 1. The van der Waals surface area contributed by atoms with Crippen molar-refractivity contribution < 1.29 is 17.5 Å². The minimum absolute atomic E-state index is 0.0252. The third-order valence-corrected chi connectivity index (χ3v) is 4.81. The lowest BCUT2D eigenvalue weighted by molar-refractivity contribution is 0.180. The van der Waals surface area contributed by atoms with Gasteiger partial charge in [-0.25, -0.2) is 12.8 Å². The fourth-order valence-electron chi connectivity index (χ4n) is 1.75. The molecule has 0 unspecified atom stereocenters. The molecule has 0 saturated heterocycles. The Balaban J connectivity index is 3.29. The molecule has 0 amide bonds. The first-order valence-electron chi connectivity index (χ1n) is 6.45. The van der Waals surface area contributed by atoms with Crippen LogP contribution in [0.25, 0.3) is 0 Å². The molecule has 0 aromatic heterocycles. The Morgan fingerprint density at radius 2 is 2.14 bits per heavy atom. The smallest absolute Gasteiger partial charge is 0.244 e. The van der Waals surface area contributed by atoms with Gasteiger partial charge in [0.25, 0.3) is 0 Å². The second-order valence-electron chi connectivity index (χ2n) is 4.14. The van der Waals surface area contributed by atoms with Crippen LogP contribution in [-0.4, -0.2) is 46.1 Å². The van der Waals surface area contributed by atoms with Gasteiger partial charge in [-0.3, -0.25) is 0 Å². The average Bonchev–Trinajstić information content (AvgIpc) is 2.45. The van der Waals surface area contributed by atoms with Gasteiger partial charge in [0.15, 0.2) is 0 Å². The van der Waals surface area contributed by atoms with Crippen LogP contribution in [0.2, 0.25) is 0 Å². The lowest BCUT2D eigenvalue weighted by atomic mass is 10.2. The summed E-state index contributed by atoms with van der Waals surface area (Å²) in [5.41, 5.74) is 5.39. The van der Waals surface area contributed by atoms with Crippen LogP contribution in [0.1, 0.15) is 12.5 Å². The molecular weight excluding hydrogens is 295 g/mol. The molecule has 0 atom stereocenters. The zero-order valence-corrected chi connectivity index (χ0v) is 12.9. The van der Waals surface area contributed by atoms with Crippen LogP contribution >= 0.6 is 0 Å². The molecule has 116 valence electrons. The van der Waals surface area contributed by atoms with Crippen LogP contribution in [0.5, 0.6) is 0 Å². The van der Waals surface area contributed by atoms with Gasteiger partial charge >= 0.3 is 0 Å². The molecule has 7 heteroatoms. The minimum Gasteiger partial charge on any atom is -0.383 e. The van der Waals surface area contributed by atoms with Crippen molar-refractivity contribution >= 4 is 10.0 Å². The number of sulfonamides is 1. The Hall–Kier alpha value is -1.46. The van der Waals surface area contributed by atoms with Crippen LogP contribution in [-0.2, 0) is 14.8 Å². The SMILES string of the molecule is CCN(CCOC)S(=O)(=O)c1ccc(F)cc1C#CCN. The highest BCUT2D eigenvalue weighted by atomic mass is 32.2. The molecule has 2 N–H and O–H groups in total. The molecule has 0 saturated carbocycles.